The van der Waals surface area contributed by atoms with Crippen LogP contribution in [0.5, 0.6) is 17.2 Å². The highest BCUT2D eigenvalue weighted by atomic mass is 35.5. The predicted molar refractivity (Wildman–Crippen MR) is 207 cm³/mol. The van der Waals surface area contributed by atoms with Gasteiger partial charge in [0.1, 0.15) is 17.2 Å². The summed E-state index contributed by atoms with van der Waals surface area (Å²) in [6.45, 7) is 6.13. The first-order valence-electron chi connectivity index (χ1n) is 16.3. The first-order valence-corrected chi connectivity index (χ1v) is 17.4. The number of hydrogen-bond donors (Lipinski definition) is 3. The third kappa shape index (κ3) is 10.9. The average Bonchev–Trinajstić information content (AvgIpc) is 3.08. The second kappa shape index (κ2) is 18.7. The maximum atomic E-state index is 11.0. The number of benzene rings is 3. The van der Waals surface area contributed by atoms with Crippen LogP contribution in [0.4, 0.5) is 0 Å². The molecule has 0 aromatic heterocycles. The number of phenolic OH excluding ortho intramolecular Hbond substituents is 3. The van der Waals surface area contributed by atoms with Crippen LogP contribution in [0.1, 0.15) is 33.4 Å². The van der Waals surface area contributed by atoms with Gasteiger partial charge in [-0.3, -0.25) is 39.8 Å². The van der Waals surface area contributed by atoms with Crippen molar-refractivity contribution in [3.05, 3.63) is 84.8 Å². The zero-order valence-corrected chi connectivity index (χ0v) is 29.7. The van der Waals surface area contributed by atoms with Crippen LogP contribution < -0.4 is 0 Å². The number of fused-ring (bicyclic) bond motifs is 12. The van der Waals surface area contributed by atoms with E-state index in [1.54, 1.807) is 73.7 Å². The smallest absolute Gasteiger partial charge is 0.133 e. The largest absolute Gasteiger partial charge is 0.507 e. The van der Waals surface area contributed by atoms with Gasteiger partial charge in [0.2, 0.25) is 0 Å². The SMILES string of the molecule is Oc1c2cc(Cl)cc1C=NCCN1CCN=Cc3cc(Cl)cc(c3O)C=NCCN(CCN=C2)CCN=Cc2cc(Cl)cc(c2O)C=NCC1. The van der Waals surface area contributed by atoms with Crippen molar-refractivity contribution in [3.8, 4) is 17.2 Å². The number of phenols is 3. The lowest BCUT2D eigenvalue weighted by Gasteiger charge is -2.19. The lowest BCUT2D eigenvalue weighted by molar-refractivity contribution is 0.298. The lowest BCUT2D eigenvalue weighted by Crippen LogP contribution is -2.31. The van der Waals surface area contributed by atoms with Crippen molar-refractivity contribution >= 4 is 72.1 Å². The fourth-order valence-corrected chi connectivity index (χ4v) is 6.07. The first-order chi connectivity index (χ1) is 24.3. The minimum Gasteiger partial charge on any atom is -0.507 e. The van der Waals surface area contributed by atoms with Crippen molar-refractivity contribution in [2.45, 2.75) is 0 Å². The summed E-state index contributed by atoms with van der Waals surface area (Å²) in [6.07, 6.45) is 9.70. The maximum Gasteiger partial charge on any atom is 0.133 e. The molecule has 14 heteroatoms. The van der Waals surface area contributed by atoms with Crippen LogP contribution >= 0.6 is 34.8 Å². The van der Waals surface area contributed by atoms with E-state index in [0.29, 0.717) is 127 Å². The van der Waals surface area contributed by atoms with Gasteiger partial charge >= 0.3 is 0 Å². The van der Waals surface area contributed by atoms with Crippen LogP contribution in [-0.2, 0) is 0 Å². The summed E-state index contributed by atoms with van der Waals surface area (Å²) < 4.78 is 0. The van der Waals surface area contributed by atoms with Gasteiger partial charge in [-0.15, -0.1) is 0 Å². The minimum absolute atomic E-state index is 0.0602. The Kier molecular flexibility index (Phi) is 13.9. The molecule has 0 fully saturated rings. The molecule has 3 aliphatic rings. The predicted octanol–water partition coefficient (Wildman–Crippen LogP) is 5.31. The molecule has 3 heterocycles. The molecule has 0 spiro atoms. The van der Waals surface area contributed by atoms with Crippen molar-refractivity contribution in [3.63, 3.8) is 0 Å². The van der Waals surface area contributed by atoms with Crippen LogP contribution in [0.3, 0.4) is 0 Å². The number of aliphatic imine (C=N–C) groups is 6. The highest BCUT2D eigenvalue weighted by Crippen LogP contribution is 2.27. The molecule has 3 aromatic rings. The molecule has 0 radical (unpaired) electrons. The fraction of sp³-hybridized carbons (Fsp3) is 0.333. The summed E-state index contributed by atoms with van der Waals surface area (Å²) in [6, 6.07) is 10.0. The standard InChI is InChI=1S/C36H39Cl3N8O3/c37-31-13-25-19-40-1-7-46-8-2-41-21-27-15-32(38)17-29(35(27)49)23-44-5-11-47(10-4-43-20-26(14-31)34(25)48)12-6-45-24-30-18-33(39)16-28(36(30)50)22-42-3-9-46/h13-24,48-50H,1-12H2. The van der Waals surface area contributed by atoms with E-state index in [2.05, 4.69) is 39.8 Å². The topological polar surface area (TPSA) is 141 Å². The number of rotatable bonds is 0. The Morgan fingerprint density at radius 1 is 0.360 bits per heavy atom. The number of nitrogens with zero attached hydrogens (tertiary/aromatic N) is 8. The van der Waals surface area contributed by atoms with Crippen LogP contribution in [0.25, 0.3) is 0 Å². The summed E-state index contributed by atoms with van der Waals surface area (Å²) >= 11 is 19.2. The highest BCUT2D eigenvalue weighted by molar-refractivity contribution is 6.32. The van der Waals surface area contributed by atoms with Gasteiger partial charge in [-0.2, -0.15) is 0 Å². The Labute approximate surface area is 306 Å². The molecule has 0 unspecified atom stereocenters. The molecule has 6 rings (SSSR count). The van der Waals surface area contributed by atoms with Crippen LogP contribution in [0, 0.1) is 0 Å². The van der Waals surface area contributed by atoms with Gasteiger partial charge in [0, 0.05) is 125 Å². The van der Waals surface area contributed by atoms with E-state index in [1.165, 1.54) is 0 Å². The van der Waals surface area contributed by atoms with E-state index < -0.39 is 0 Å². The zero-order valence-electron chi connectivity index (χ0n) is 27.5. The molecule has 3 aliphatic heterocycles. The van der Waals surface area contributed by atoms with E-state index >= 15 is 0 Å². The van der Waals surface area contributed by atoms with Gasteiger partial charge in [-0.05, 0) is 36.4 Å². The normalized spacial score (nSPS) is 19.5. The Morgan fingerprint density at radius 2 is 0.540 bits per heavy atom. The van der Waals surface area contributed by atoms with Gasteiger partial charge in [-0.25, -0.2) is 0 Å². The van der Waals surface area contributed by atoms with Crippen LogP contribution in [0.15, 0.2) is 66.4 Å². The molecule has 0 saturated heterocycles. The third-order valence-electron chi connectivity index (χ3n) is 8.06. The maximum absolute atomic E-state index is 11.0. The number of hydrogen-bond acceptors (Lipinski definition) is 11. The molecule has 0 amide bonds. The van der Waals surface area contributed by atoms with Crippen LogP contribution in [-0.4, -0.2) is 141 Å². The van der Waals surface area contributed by atoms with Crippen LogP contribution in [0.2, 0.25) is 15.1 Å². The molecule has 0 saturated carbocycles. The second-order valence-electron chi connectivity index (χ2n) is 11.7. The first kappa shape index (κ1) is 37.1. The molecule has 11 nitrogen and oxygen atoms in total. The van der Waals surface area contributed by atoms with E-state index in [-0.39, 0.29) is 17.2 Å². The number of halogens is 3. The van der Waals surface area contributed by atoms with Gasteiger partial charge in [0.15, 0.2) is 0 Å². The summed E-state index contributed by atoms with van der Waals surface area (Å²) in [5, 5.41) is 34.3. The van der Waals surface area contributed by atoms with Crippen molar-refractivity contribution in [2.24, 2.45) is 30.0 Å². The molecule has 3 N–H and O–H groups in total. The molecule has 8 bridgehead atoms. The van der Waals surface area contributed by atoms with Crippen molar-refractivity contribution in [2.75, 3.05) is 78.5 Å². The monoisotopic (exact) mass is 736 g/mol. The summed E-state index contributed by atoms with van der Waals surface area (Å²) in [4.78, 5) is 31.8. The van der Waals surface area contributed by atoms with E-state index in [9.17, 15) is 15.3 Å². The Bertz CT molecular complexity index is 1500. The molecule has 0 atom stereocenters. The highest BCUT2D eigenvalue weighted by Gasteiger charge is 2.11. The van der Waals surface area contributed by atoms with E-state index in [1.807, 2.05) is 0 Å². The van der Waals surface area contributed by atoms with E-state index in [0.717, 1.165) is 0 Å². The van der Waals surface area contributed by atoms with Gasteiger partial charge in [-0.1, -0.05) is 34.8 Å². The Balaban J connectivity index is 1.51. The van der Waals surface area contributed by atoms with E-state index in [4.69, 9.17) is 34.8 Å². The zero-order chi connectivity index (χ0) is 35.3. The summed E-state index contributed by atoms with van der Waals surface area (Å²) in [5.74, 6) is 0.181. The van der Waals surface area contributed by atoms with Crippen molar-refractivity contribution < 1.29 is 15.3 Å². The molecular formula is C36H39Cl3N8O3. The minimum atomic E-state index is 0.0602. The van der Waals surface area contributed by atoms with Crippen molar-refractivity contribution in [1.82, 2.24) is 9.80 Å². The van der Waals surface area contributed by atoms with Gasteiger partial charge < -0.3 is 15.3 Å². The summed E-state index contributed by atoms with van der Waals surface area (Å²) in [7, 11) is 0. The quantitative estimate of drug-likeness (QED) is 0.287. The summed E-state index contributed by atoms with van der Waals surface area (Å²) in [5.41, 5.74) is 3.01. The number of aromatic hydroxyl groups is 3. The lowest BCUT2D eigenvalue weighted by atomic mass is 10.1. The Hall–Kier alpha value is -4.13. The third-order valence-corrected chi connectivity index (χ3v) is 8.71. The molecule has 0 aliphatic carbocycles. The molecule has 50 heavy (non-hydrogen) atoms. The average molecular weight is 738 g/mol. The Morgan fingerprint density at radius 3 is 0.720 bits per heavy atom. The molecule has 262 valence electrons. The van der Waals surface area contributed by atoms with Crippen molar-refractivity contribution in [1.29, 1.82) is 0 Å². The molecule has 3 aromatic carbocycles. The van der Waals surface area contributed by atoms with Gasteiger partial charge in [0.25, 0.3) is 0 Å². The fourth-order valence-electron chi connectivity index (χ4n) is 5.36. The molecular weight excluding hydrogens is 699 g/mol. The van der Waals surface area contributed by atoms with Gasteiger partial charge in [0.05, 0.1) is 39.3 Å². The second-order valence-corrected chi connectivity index (χ2v) is 13.0.